The van der Waals surface area contributed by atoms with Gasteiger partial charge in [0.1, 0.15) is 5.69 Å². The van der Waals surface area contributed by atoms with Crippen molar-refractivity contribution < 1.29 is 14.7 Å². The number of carbonyl (C=O) groups is 2. The molecule has 1 atom stereocenters. The molecule has 0 radical (unpaired) electrons. The van der Waals surface area contributed by atoms with Crippen LogP contribution in [0.1, 0.15) is 40.6 Å². The Morgan fingerprint density at radius 1 is 1.52 bits per heavy atom. The van der Waals surface area contributed by atoms with Gasteiger partial charge in [-0.15, -0.1) is 0 Å². The third kappa shape index (κ3) is 3.58. The number of amides is 1. The van der Waals surface area contributed by atoms with E-state index in [1.54, 1.807) is 18.0 Å². The number of hydrogen-bond donors (Lipinski definition) is 1. The maximum atomic E-state index is 12.4. The summed E-state index contributed by atoms with van der Waals surface area (Å²) in [7, 11) is 1.76. The molecule has 1 fully saturated rings. The van der Waals surface area contributed by atoms with Crippen molar-refractivity contribution in [1.82, 2.24) is 14.8 Å². The van der Waals surface area contributed by atoms with Crippen molar-refractivity contribution in [1.29, 1.82) is 0 Å². The Hall–Kier alpha value is -1.95. The molecule has 0 spiro atoms. The summed E-state index contributed by atoms with van der Waals surface area (Å²) < 4.78 is 0. The van der Waals surface area contributed by atoms with Gasteiger partial charge < -0.3 is 10.0 Å². The molecule has 1 saturated heterocycles. The van der Waals surface area contributed by atoms with Crippen LogP contribution in [-0.2, 0) is 0 Å². The van der Waals surface area contributed by atoms with Gasteiger partial charge in [-0.05, 0) is 38.1 Å². The highest BCUT2D eigenvalue weighted by molar-refractivity contribution is 5.96. The van der Waals surface area contributed by atoms with Crippen LogP contribution in [0.4, 0.5) is 0 Å². The molecule has 1 N–H and O–H groups in total. The molecule has 0 bridgehead atoms. The van der Waals surface area contributed by atoms with Crippen molar-refractivity contribution in [2.75, 3.05) is 26.7 Å². The fourth-order valence-corrected chi connectivity index (χ4v) is 2.82. The molecule has 21 heavy (non-hydrogen) atoms. The fraction of sp³-hybridized carbons (Fsp3) is 0.533. The molecule has 0 aromatic carbocycles. The van der Waals surface area contributed by atoms with Gasteiger partial charge in [-0.3, -0.25) is 9.69 Å². The molecule has 1 aromatic rings. The van der Waals surface area contributed by atoms with Gasteiger partial charge in [0.2, 0.25) is 0 Å². The van der Waals surface area contributed by atoms with E-state index in [0.29, 0.717) is 18.2 Å². The summed E-state index contributed by atoms with van der Waals surface area (Å²) in [5.74, 6) is -1.29. The molecule has 1 aliphatic rings. The Bertz CT molecular complexity index is 533. The Kier molecular flexibility index (Phi) is 4.90. The zero-order chi connectivity index (χ0) is 15.4. The molecule has 114 valence electrons. The summed E-state index contributed by atoms with van der Waals surface area (Å²) in [6.07, 6.45) is 3.62. The Labute approximate surface area is 124 Å². The van der Waals surface area contributed by atoms with Crippen LogP contribution in [0, 0.1) is 0 Å². The number of likely N-dealkylation sites (N-methyl/N-ethyl adjacent to an activating group) is 2. The predicted octanol–water partition coefficient (Wildman–Crippen LogP) is 1.34. The first kappa shape index (κ1) is 15.4. The van der Waals surface area contributed by atoms with Crippen LogP contribution in [0.25, 0.3) is 0 Å². The van der Waals surface area contributed by atoms with Gasteiger partial charge in [0, 0.05) is 31.4 Å². The van der Waals surface area contributed by atoms with E-state index in [1.807, 2.05) is 0 Å². The summed E-state index contributed by atoms with van der Waals surface area (Å²) >= 11 is 0. The van der Waals surface area contributed by atoms with Crippen LogP contribution < -0.4 is 0 Å². The number of carboxylic acid groups (broad SMARTS) is 1. The Balaban J connectivity index is 2.05. The molecule has 1 aromatic heterocycles. The van der Waals surface area contributed by atoms with E-state index in [2.05, 4.69) is 16.8 Å². The van der Waals surface area contributed by atoms with Crippen LogP contribution >= 0.6 is 0 Å². The highest BCUT2D eigenvalue weighted by Gasteiger charge is 2.26. The third-order valence-corrected chi connectivity index (χ3v) is 3.96. The molecule has 1 unspecified atom stereocenters. The van der Waals surface area contributed by atoms with Crippen LogP contribution in [-0.4, -0.2) is 64.5 Å². The molecular formula is C15H21N3O3. The standard InChI is InChI=1S/C15H21N3O3/c1-3-18-8-4-5-12(18)10-17(2)14(19)11-6-7-16-13(9-11)15(20)21/h6-7,9,12H,3-5,8,10H2,1-2H3,(H,20,21). The van der Waals surface area contributed by atoms with E-state index < -0.39 is 5.97 Å². The van der Waals surface area contributed by atoms with Crippen molar-refractivity contribution in [3.63, 3.8) is 0 Å². The lowest BCUT2D eigenvalue weighted by Gasteiger charge is -2.27. The molecular weight excluding hydrogens is 270 g/mol. The van der Waals surface area contributed by atoms with E-state index in [9.17, 15) is 9.59 Å². The minimum atomic E-state index is -1.12. The number of carboxylic acids is 1. The monoisotopic (exact) mass is 291 g/mol. The molecule has 2 heterocycles. The van der Waals surface area contributed by atoms with E-state index in [4.69, 9.17) is 5.11 Å². The SMILES string of the molecule is CCN1CCCC1CN(C)C(=O)c1ccnc(C(=O)O)c1. The Morgan fingerprint density at radius 2 is 2.29 bits per heavy atom. The smallest absolute Gasteiger partial charge is 0.354 e. The lowest BCUT2D eigenvalue weighted by Crippen LogP contribution is -2.41. The number of aromatic nitrogens is 1. The highest BCUT2D eigenvalue weighted by atomic mass is 16.4. The number of carbonyl (C=O) groups excluding carboxylic acids is 1. The van der Waals surface area contributed by atoms with E-state index in [1.165, 1.54) is 18.7 Å². The number of nitrogens with zero attached hydrogens (tertiary/aromatic N) is 3. The van der Waals surface area contributed by atoms with Crippen molar-refractivity contribution in [2.24, 2.45) is 0 Å². The Morgan fingerprint density at radius 3 is 2.95 bits per heavy atom. The number of hydrogen-bond acceptors (Lipinski definition) is 4. The molecule has 2 rings (SSSR count). The average molecular weight is 291 g/mol. The second-order valence-corrected chi connectivity index (χ2v) is 5.35. The summed E-state index contributed by atoms with van der Waals surface area (Å²) in [5.41, 5.74) is 0.260. The van der Waals surface area contributed by atoms with Crippen molar-refractivity contribution in [2.45, 2.75) is 25.8 Å². The number of likely N-dealkylation sites (tertiary alicyclic amines) is 1. The maximum absolute atomic E-state index is 12.4. The summed E-state index contributed by atoms with van der Waals surface area (Å²) in [5, 5.41) is 8.93. The minimum Gasteiger partial charge on any atom is -0.477 e. The lowest BCUT2D eigenvalue weighted by atomic mass is 10.1. The van der Waals surface area contributed by atoms with Gasteiger partial charge in [-0.25, -0.2) is 9.78 Å². The van der Waals surface area contributed by atoms with Crippen molar-refractivity contribution in [3.05, 3.63) is 29.6 Å². The van der Waals surface area contributed by atoms with E-state index in [0.717, 1.165) is 19.5 Å². The first-order valence-electron chi connectivity index (χ1n) is 7.21. The number of pyridine rings is 1. The van der Waals surface area contributed by atoms with Gasteiger partial charge in [-0.2, -0.15) is 0 Å². The predicted molar refractivity (Wildman–Crippen MR) is 78.4 cm³/mol. The summed E-state index contributed by atoms with van der Waals surface area (Å²) in [4.78, 5) is 31.1. The summed E-state index contributed by atoms with van der Waals surface area (Å²) in [6, 6.07) is 3.27. The summed E-state index contributed by atoms with van der Waals surface area (Å²) in [6.45, 7) is 4.87. The normalized spacial score (nSPS) is 18.7. The van der Waals surface area contributed by atoms with Gasteiger partial charge in [0.15, 0.2) is 0 Å². The van der Waals surface area contributed by atoms with Gasteiger partial charge >= 0.3 is 5.97 Å². The van der Waals surface area contributed by atoms with E-state index in [-0.39, 0.29) is 11.6 Å². The van der Waals surface area contributed by atoms with Gasteiger partial charge in [0.05, 0.1) is 0 Å². The van der Waals surface area contributed by atoms with Crippen LogP contribution in [0.3, 0.4) is 0 Å². The second-order valence-electron chi connectivity index (χ2n) is 5.35. The van der Waals surface area contributed by atoms with Crippen molar-refractivity contribution in [3.8, 4) is 0 Å². The minimum absolute atomic E-state index is 0.106. The largest absolute Gasteiger partial charge is 0.477 e. The van der Waals surface area contributed by atoms with Crippen molar-refractivity contribution >= 4 is 11.9 Å². The van der Waals surface area contributed by atoms with Crippen LogP contribution in [0.15, 0.2) is 18.3 Å². The zero-order valence-electron chi connectivity index (χ0n) is 12.5. The quantitative estimate of drug-likeness (QED) is 0.886. The third-order valence-electron chi connectivity index (χ3n) is 3.96. The van der Waals surface area contributed by atoms with Crippen LogP contribution in [0.5, 0.6) is 0 Å². The molecule has 1 aliphatic heterocycles. The zero-order valence-corrected chi connectivity index (χ0v) is 12.5. The average Bonchev–Trinajstić information content (AvgIpc) is 2.93. The van der Waals surface area contributed by atoms with E-state index >= 15 is 0 Å². The maximum Gasteiger partial charge on any atom is 0.354 e. The molecule has 0 saturated carbocycles. The molecule has 0 aliphatic carbocycles. The molecule has 6 nitrogen and oxygen atoms in total. The molecule has 6 heteroatoms. The molecule has 1 amide bonds. The number of aromatic carboxylic acids is 1. The fourth-order valence-electron chi connectivity index (χ4n) is 2.82. The highest BCUT2D eigenvalue weighted by Crippen LogP contribution is 2.18. The first-order chi connectivity index (χ1) is 10.0. The van der Waals surface area contributed by atoms with Crippen LogP contribution in [0.2, 0.25) is 0 Å². The first-order valence-corrected chi connectivity index (χ1v) is 7.21. The lowest BCUT2D eigenvalue weighted by molar-refractivity contribution is 0.0690. The second kappa shape index (κ2) is 6.67. The van der Waals surface area contributed by atoms with Gasteiger partial charge in [0.25, 0.3) is 5.91 Å². The topological polar surface area (TPSA) is 73.7 Å². The number of rotatable bonds is 5. The van der Waals surface area contributed by atoms with Gasteiger partial charge in [-0.1, -0.05) is 6.92 Å².